The van der Waals surface area contributed by atoms with Crippen molar-refractivity contribution >= 4 is 5.97 Å². The molecule has 0 spiro atoms. The van der Waals surface area contributed by atoms with Crippen LogP contribution in [0.15, 0.2) is 18.3 Å². The molecule has 1 aliphatic carbocycles. The molecule has 0 unspecified atom stereocenters. The Balaban J connectivity index is 2.02. The molecule has 5 heteroatoms. The predicted octanol–water partition coefficient (Wildman–Crippen LogP) is 3.54. The van der Waals surface area contributed by atoms with Crippen molar-refractivity contribution in [1.29, 1.82) is 0 Å². The summed E-state index contributed by atoms with van der Waals surface area (Å²) < 4.78 is 5.08. The molecule has 23 heavy (non-hydrogen) atoms. The number of rotatable bonds is 6. The Morgan fingerprint density at radius 1 is 1.43 bits per heavy atom. The van der Waals surface area contributed by atoms with Gasteiger partial charge in [0.25, 0.3) is 0 Å². The number of aromatic carboxylic acids is 1. The van der Waals surface area contributed by atoms with Crippen LogP contribution in [-0.2, 0) is 11.2 Å². The highest BCUT2D eigenvalue weighted by Gasteiger charge is 2.25. The number of hydrogen-bond donors (Lipinski definition) is 2. The molecule has 122 valence electrons. The number of nitrogens with one attached hydrogen (secondary N) is 1. The summed E-state index contributed by atoms with van der Waals surface area (Å²) in [5, 5.41) is 9.42. The third-order valence-corrected chi connectivity index (χ3v) is 4.63. The number of H-pyrrole nitrogens is 1. The molecule has 0 aliphatic heterocycles. The third kappa shape index (κ3) is 3.15. The van der Waals surface area contributed by atoms with Gasteiger partial charge >= 0.3 is 5.97 Å². The largest absolute Gasteiger partial charge is 0.478 e. The van der Waals surface area contributed by atoms with Crippen molar-refractivity contribution in [3.05, 3.63) is 40.8 Å². The molecule has 3 rings (SSSR count). The fraction of sp³-hybridized carbons (Fsp3) is 0.444. The summed E-state index contributed by atoms with van der Waals surface area (Å²) in [4.78, 5) is 19.2. The first-order valence-corrected chi connectivity index (χ1v) is 8.01. The van der Waals surface area contributed by atoms with Crippen LogP contribution in [0, 0.1) is 6.92 Å². The molecule has 1 aromatic heterocycles. The number of imidazole rings is 1. The Labute approximate surface area is 135 Å². The lowest BCUT2D eigenvalue weighted by Gasteiger charge is -2.28. The molecule has 1 saturated carbocycles. The van der Waals surface area contributed by atoms with Gasteiger partial charge in [0, 0.05) is 19.1 Å². The van der Waals surface area contributed by atoms with Gasteiger partial charge in [0.2, 0.25) is 0 Å². The average Bonchev–Trinajstić information content (AvgIpc) is 2.91. The van der Waals surface area contributed by atoms with E-state index < -0.39 is 5.97 Å². The van der Waals surface area contributed by atoms with Crippen LogP contribution in [0.2, 0.25) is 0 Å². The molecular weight excluding hydrogens is 292 g/mol. The minimum atomic E-state index is -0.886. The Hall–Kier alpha value is -2.14. The lowest BCUT2D eigenvalue weighted by atomic mass is 9.76. The maximum absolute atomic E-state index is 11.5. The number of aromatic amines is 1. The second-order valence-electron chi connectivity index (χ2n) is 6.17. The standard InChI is InChI=1S/C18H22N2O3/c1-11-8-14(12-4-3-5-12)15(9-13(11)18(21)22)16-10-19-17(20-16)6-7-23-2/h8-10,12H,3-7H2,1-2H3,(H,19,20)(H,21,22). The number of carboxylic acid groups (broad SMARTS) is 1. The van der Waals surface area contributed by atoms with Gasteiger partial charge in [-0.3, -0.25) is 0 Å². The Bertz CT molecular complexity index is 717. The summed E-state index contributed by atoms with van der Waals surface area (Å²) in [5.74, 6) is 0.499. The van der Waals surface area contributed by atoms with Gasteiger partial charge in [-0.2, -0.15) is 0 Å². The maximum atomic E-state index is 11.5. The highest BCUT2D eigenvalue weighted by molar-refractivity contribution is 5.91. The number of carbonyl (C=O) groups is 1. The molecular formula is C18H22N2O3. The van der Waals surface area contributed by atoms with E-state index in [4.69, 9.17) is 4.74 Å². The van der Waals surface area contributed by atoms with Crippen molar-refractivity contribution in [1.82, 2.24) is 9.97 Å². The van der Waals surface area contributed by atoms with Crippen LogP contribution in [0.5, 0.6) is 0 Å². The molecule has 1 aliphatic rings. The van der Waals surface area contributed by atoms with Crippen LogP contribution < -0.4 is 0 Å². The fourth-order valence-corrected chi connectivity index (χ4v) is 3.08. The summed E-state index contributed by atoms with van der Waals surface area (Å²) in [5.41, 5.74) is 4.27. The monoisotopic (exact) mass is 314 g/mol. The number of aryl methyl sites for hydroxylation is 1. The second kappa shape index (κ2) is 6.54. The molecule has 5 nitrogen and oxygen atoms in total. The topological polar surface area (TPSA) is 75.2 Å². The molecule has 0 atom stereocenters. The number of carboxylic acids is 1. The zero-order chi connectivity index (χ0) is 16.4. The summed E-state index contributed by atoms with van der Waals surface area (Å²) in [6.07, 6.45) is 6.09. The Kier molecular flexibility index (Phi) is 4.48. The van der Waals surface area contributed by atoms with Gasteiger partial charge in [0.05, 0.1) is 24.1 Å². The van der Waals surface area contributed by atoms with Crippen molar-refractivity contribution in [2.45, 2.75) is 38.5 Å². The van der Waals surface area contributed by atoms with E-state index in [1.165, 1.54) is 24.8 Å². The van der Waals surface area contributed by atoms with Crippen LogP contribution >= 0.6 is 0 Å². The predicted molar refractivity (Wildman–Crippen MR) is 87.9 cm³/mol. The number of hydrogen-bond acceptors (Lipinski definition) is 3. The quantitative estimate of drug-likeness (QED) is 0.855. The van der Waals surface area contributed by atoms with Gasteiger partial charge in [-0.1, -0.05) is 12.5 Å². The van der Waals surface area contributed by atoms with Gasteiger partial charge in [-0.25, -0.2) is 9.78 Å². The second-order valence-corrected chi connectivity index (χ2v) is 6.17. The molecule has 2 aromatic rings. The molecule has 0 radical (unpaired) electrons. The zero-order valence-electron chi connectivity index (χ0n) is 13.6. The summed E-state index contributed by atoms with van der Waals surface area (Å²) >= 11 is 0. The van der Waals surface area contributed by atoms with E-state index in [1.54, 1.807) is 19.4 Å². The van der Waals surface area contributed by atoms with Crippen LogP contribution in [0.25, 0.3) is 11.3 Å². The van der Waals surface area contributed by atoms with Gasteiger partial charge in [-0.05, 0) is 42.9 Å². The van der Waals surface area contributed by atoms with Gasteiger partial charge in [-0.15, -0.1) is 0 Å². The molecule has 1 fully saturated rings. The van der Waals surface area contributed by atoms with E-state index in [1.807, 2.05) is 13.0 Å². The lowest BCUT2D eigenvalue weighted by Crippen LogP contribution is -2.12. The SMILES string of the molecule is COCCc1ncc(-c2cc(C(=O)O)c(C)cc2C2CCC2)[nH]1. The first-order valence-electron chi connectivity index (χ1n) is 8.01. The van der Waals surface area contributed by atoms with Crippen molar-refractivity contribution in [2.24, 2.45) is 0 Å². The normalized spacial score (nSPS) is 14.7. The molecule has 1 heterocycles. The van der Waals surface area contributed by atoms with E-state index in [-0.39, 0.29) is 0 Å². The smallest absolute Gasteiger partial charge is 0.335 e. The van der Waals surface area contributed by atoms with Crippen molar-refractivity contribution < 1.29 is 14.6 Å². The van der Waals surface area contributed by atoms with Crippen molar-refractivity contribution in [3.8, 4) is 11.3 Å². The number of benzene rings is 1. The first-order chi connectivity index (χ1) is 11.1. The lowest BCUT2D eigenvalue weighted by molar-refractivity contribution is 0.0696. The van der Waals surface area contributed by atoms with E-state index in [0.29, 0.717) is 24.5 Å². The Morgan fingerprint density at radius 2 is 2.22 bits per heavy atom. The van der Waals surface area contributed by atoms with E-state index >= 15 is 0 Å². The first kappa shape index (κ1) is 15.7. The molecule has 1 aromatic carbocycles. The Morgan fingerprint density at radius 3 is 2.83 bits per heavy atom. The maximum Gasteiger partial charge on any atom is 0.335 e. The fourth-order valence-electron chi connectivity index (χ4n) is 3.08. The van der Waals surface area contributed by atoms with Crippen molar-refractivity contribution in [3.63, 3.8) is 0 Å². The molecule has 2 N–H and O–H groups in total. The zero-order valence-corrected chi connectivity index (χ0v) is 13.6. The highest BCUT2D eigenvalue weighted by Crippen LogP contribution is 2.41. The van der Waals surface area contributed by atoms with E-state index in [2.05, 4.69) is 9.97 Å². The van der Waals surface area contributed by atoms with Crippen molar-refractivity contribution in [2.75, 3.05) is 13.7 Å². The molecule has 0 bridgehead atoms. The highest BCUT2D eigenvalue weighted by atomic mass is 16.5. The minimum absolute atomic E-state index is 0.358. The van der Waals surface area contributed by atoms with Gasteiger partial charge in [0.1, 0.15) is 5.82 Å². The average molecular weight is 314 g/mol. The summed E-state index contributed by atoms with van der Waals surface area (Å²) in [6.45, 7) is 2.48. The van der Waals surface area contributed by atoms with Crippen LogP contribution in [-0.4, -0.2) is 34.8 Å². The van der Waals surface area contributed by atoms with E-state index in [0.717, 1.165) is 22.6 Å². The molecule has 0 amide bonds. The van der Waals surface area contributed by atoms with Crippen LogP contribution in [0.4, 0.5) is 0 Å². The summed E-state index contributed by atoms with van der Waals surface area (Å²) in [6, 6.07) is 3.83. The van der Waals surface area contributed by atoms with Crippen LogP contribution in [0.3, 0.4) is 0 Å². The van der Waals surface area contributed by atoms with Gasteiger partial charge in [0.15, 0.2) is 0 Å². The van der Waals surface area contributed by atoms with Crippen LogP contribution in [0.1, 0.15) is 52.5 Å². The van der Waals surface area contributed by atoms with Gasteiger partial charge < -0.3 is 14.8 Å². The molecule has 0 saturated heterocycles. The third-order valence-electron chi connectivity index (χ3n) is 4.63. The summed E-state index contributed by atoms with van der Waals surface area (Å²) in [7, 11) is 1.66. The number of ether oxygens (including phenoxy) is 1. The number of aromatic nitrogens is 2. The minimum Gasteiger partial charge on any atom is -0.478 e. The number of methoxy groups -OCH3 is 1. The number of nitrogens with zero attached hydrogens (tertiary/aromatic N) is 1. The van der Waals surface area contributed by atoms with E-state index in [9.17, 15) is 9.90 Å².